The maximum Gasteiger partial charge on any atom is 0.323 e. The first-order chi connectivity index (χ1) is 9.51. The summed E-state index contributed by atoms with van der Waals surface area (Å²) in [6.45, 7) is 1.72. The molecule has 2 rings (SSSR count). The molecule has 0 unspecified atom stereocenters. The molecule has 0 aliphatic heterocycles. The first-order valence-electron chi connectivity index (χ1n) is 6.66. The number of amides is 1. The molecule has 0 bridgehead atoms. The van der Waals surface area contributed by atoms with Gasteiger partial charge in [-0.25, -0.2) is 0 Å². The molecule has 0 heterocycles. The smallest absolute Gasteiger partial charge is 0.323 e. The van der Waals surface area contributed by atoms with Crippen molar-refractivity contribution in [3.8, 4) is 5.75 Å². The SMILES string of the molecule is COc1cc(CC(=O)N(CC(=O)O)C2CC2)ccc1C. The lowest BCUT2D eigenvalue weighted by Crippen LogP contribution is -2.38. The number of nitrogens with zero attached hydrogens (tertiary/aromatic N) is 1. The Kier molecular flexibility index (Phi) is 4.27. The molecular weight excluding hydrogens is 258 g/mol. The Balaban J connectivity index is 2.07. The van der Waals surface area contributed by atoms with Gasteiger partial charge in [0.25, 0.3) is 0 Å². The average Bonchev–Trinajstić information content (AvgIpc) is 3.22. The molecule has 1 fully saturated rings. The minimum absolute atomic E-state index is 0.103. The number of ether oxygens (including phenoxy) is 1. The van der Waals surface area contributed by atoms with Gasteiger partial charge >= 0.3 is 5.97 Å². The number of carbonyl (C=O) groups is 2. The van der Waals surface area contributed by atoms with E-state index in [1.807, 2.05) is 25.1 Å². The Morgan fingerprint density at radius 1 is 1.40 bits per heavy atom. The summed E-state index contributed by atoms with van der Waals surface area (Å²) in [5.74, 6) is -0.362. The number of aliphatic carboxylic acids is 1. The molecule has 5 heteroatoms. The minimum atomic E-state index is -0.966. The zero-order chi connectivity index (χ0) is 14.7. The molecule has 1 N–H and O–H groups in total. The molecule has 1 aromatic carbocycles. The molecule has 1 aliphatic carbocycles. The molecular formula is C15H19NO4. The Labute approximate surface area is 118 Å². The summed E-state index contributed by atoms with van der Waals surface area (Å²) >= 11 is 0. The van der Waals surface area contributed by atoms with Crippen LogP contribution < -0.4 is 4.74 Å². The quantitative estimate of drug-likeness (QED) is 0.858. The first kappa shape index (κ1) is 14.4. The number of hydrogen-bond donors (Lipinski definition) is 1. The normalized spacial score (nSPS) is 13.9. The van der Waals surface area contributed by atoms with Crippen LogP contribution in [0.5, 0.6) is 5.75 Å². The van der Waals surface area contributed by atoms with Crippen LogP contribution in [0.1, 0.15) is 24.0 Å². The van der Waals surface area contributed by atoms with Crippen LogP contribution in [0, 0.1) is 6.92 Å². The number of benzene rings is 1. The van der Waals surface area contributed by atoms with Crippen molar-refractivity contribution >= 4 is 11.9 Å². The van der Waals surface area contributed by atoms with E-state index in [9.17, 15) is 9.59 Å². The largest absolute Gasteiger partial charge is 0.496 e. The molecule has 0 aromatic heterocycles. The maximum atomic E-state index is 12.2. The summed E-state index contributed by atoms with van der Waals surface area (Å²) in [6.07, 6.45) is 2.01. The standard InChI is InChI=1S/C15H19NO4/c1-10-3-4-11(7-13(10)20-2)8-14(17)16(9-15(18)19)12-5-6-12/h3-4,7,12H,5-6,8-9H2,1-2H3,(H,18,19). The third kappa shape index (κ3) is 3.50. The van der Waals surface area contributed by atoms with Gasteiger partial charge in [0.05, 0.1) is 13.5 Å². The zero-order valence-corrected chi connectivity index (χ0v) is 11.8. The summed E-state index contributed by atoms with van der Waals surface area (Å²) in [7, 11) is 1.59. The summed E-state index contributed by atoms with van der Waals surface area (Å²) in [6, 6.07) is 5.71. The number of carbonyl (C=O) groups excluding carboxylic acids is 1. The van der Waals surface area contributed by atoms with Crippen LogP contribution in [-0.4, -0.2) is 41.6 Å². The van der Waals surface area contributed by atoms with E-state index in [1.165, 1.54) is 4.90 Å². The van der Waals surface area contributed by atoms with Gasteiger partial charge in [-0.15, -0.1) is 0 Å². The molecule has 108 valence electrons. The number of hydrogen-bond acceptors (Lipinski definition) is 3. The second-order valence-corrected chi connectivity index (χ2v) is 5.13. The van der Waals surface area contributed by atoms with Crippen molar-refractivity contribution < 1.29 is 19.4 Å². The van der Waals surface area contributed by atoms with Crippen molar-refractivity contribution in [3.63, 3.8) is 0 Å². The number of carboxylic acid groups (broad SMARTS) is 1. The van der Waals surface area contributed by atoms with Crippen molar-refractivity contribution in [2.75, 3.05) is 13.7 Å². The van der Waals surface area contributed by atoms with Gasteiger partial charge in [0.2, 0.25) is 5.91 Å². The molecule has 1 aromatic rings. The van der Waals surface area contributed by atoms with Crippen molar-refractivity contribution in [3.05, 3.63) is 29.3 Å². The fraction of sp³-hybridized carbons (Fsp3) is 0.467. The second kappa shape index (κ2) is 5.94. The lowest BCUT2D eigenvalue weighted by Gasteiger charge is -2.20. The summed E-state index contributed by atoms with van der Waals surface area (Å²) in [5.41, 5.74) is 1.85. The van der Waals surface area contributed by atoms with E-state index >= 15 is 0 Å². The van der Waals surface area contributed by atoms with Gasteiger partial charge in [-0.1, -0.05) is 12.1 Å². The fourth-order valence-corrected chi connectivity index (χ4v) is 2.20. The van der Waals surface area contributed by atoms with Crippen molar-refractivity contribution in [1.82, 2.24) is 4.90 Å². The van der Waals surface area contributed by atoms with Gasteiger partial charge in [0.15, 0.2) is 0 Å². The van der Waals surface area contributed by atoms with Crippen LogP contribution in [0.25, 0.3) is 0 Å². The van der Waals surface area contributed by atoms with Crippen LogP contribution in [0.2, 0.25) is 0 Å². The Hall–Kier alpha value is -2.04. The van der Waals surface area contributed by atoms with Gasteiger partial charge in [-0.2, -0.15) is 0 Å². The molecule has 1 aliphatic rings. The lowest BCUT2D eigenvalue weighted by molar-refractivity contribution is -0.144. The van der Waals surface area contributed by atoms with Crippen molar-refractivity contribution in [2.45, 2.75) is 32.2 Å². The Morgan fingerprint density at radius 3 is 2.65 bits per heavy atom. The monoisotopic (exact) mass is 277 g/mol. The van der Waals surface area contributed by atoms with Gasteiger partial charge in [-0.05, 0) is 37.0 Å². The Morgan fingerprint density at radius 2 is 2.10 bits per heavy atom. The fourth-order valence-electron chi connectivity index (χ4n) is 2.20. The summed E-state index contributed by atoms with van der Waals surface area (Å²) in [4.78, 5) is 24.5. The van der Waals surface area contributed by atoms with E-state index in [0.717, 1.165) is 29.7 Å². The summed E-state index contributed by atoms with van der Waals surface area (Å²) < 4.78 is 5.23. The first-order valence-corrected chi connectivity index (χ1v) is 6.66. The van der Waals surface area contributed by atoms with E-state index < -0.39 is 5.97 Å². The Bertz CT molecular complexity index is 523. The summed E-state index contributed by atoms with van der Waals surface area (Å²) in [5, 5.41) is 8.88. The average molecular weight is 277 g/mol. The van der Waals surface area contributed by atoms with Crippen molar-refractivity contribution in [2.24, 2.45) is 0 Å². The van der Waals surface area contributed by atoms with Crippen LogP contribution >= 0.6 is 0 Å². The number of aryl methyl sites for hydroxylation is 1. The van der Waals surface area contributed by atoms with Gasteiger partial charge in [0.1, 0.15) is 12.3 Å². The highest BCUT2D eigenvalue weighted by atomic mass is 16.5. The molecule has 20 heavy (non-hydrogen) atoms. The van der Waals surface area contributed by atoms with Crippen LogP contribution in [0.15, 0.2) is 18.2 Å². The van der Waals surface area contributed by atoms with Gasteiger partial charge < -0.3 is 14.7 Å². The number of methoxy groups -OCH3 is 1. The third-order valence-electron chi connectivity index (χ3n) is 3.44. The zero-order valence-electron chi connectivity index (χ0n) is 11.8. The molecule has 0 atom stereocenters. The highest BCUT2D eigenvalue weighted by Crippen LogP contribution is 2.27. The highest BCUT2D eigenvalue weighted by molar-refractivity contribution is 5.83. The van der Waals surface area contributed by atoms with E-state index in [0.29, 0.717) is 0 Å². The highest BCUT2D eigenvalue weighted by Gasteiger charge is 2.33. The predicted octanol–water partition coefficient (Wildman–Crippen LogP) is 1.62. The van der Waals surface area contributed by atoms with E-state index in [-0.39, 0.29) is 24.9 Å². The van der Waals surface area contributed by atoms with Crippen LogP contribution in [0.3, 0.4) is 0 Å². The van der Waals surface area contributed by atoms with Crippen LogP contribution in [0.4, 0.5) is 0 Å². The minimum Gasteiger partial charge on any atom is -0.496 e. The van der Waals surface area contributed by atoms with E-state index in [4.69, 9.17) is 9.84 Å². The molecule has 0 radical (unpaired) electrons. The molecule has 5 nitrogen and oxygen atoms in total. The molecule has 0 spiro atoms. The number of rotatable bonds is 6. The van der Waals surface area contributed by atoms with E-state index in [2.05, 4.69) is 0 Å². The second-order valence-electron chi connectivity index (χ2n) is 5.13. The molecule has 1 amide bonds. The lowest BCUT2D eigenvalue weighted by atomic mass is 10.1. The van der Waals surface area contributed by atoms with Crippen molar-refractivity contribution in [1.29, 1.82) is 0 Å². The third-order valence-corrected chi connectivity index (χ3v) is 3.44. The predicted molar refractivity (Wildman–Crippen MR) is 73.8 cm³/mol. The topological polar surface area (TPSA) is 66.8 Å². The number of carboxylic acids is 1. The van der Waals surface area contributed by atoms with E-state index in [1.54, 1.807) is 7.11 Å². The maximum absolute atomic E-state index is 12.2. The molecule has 1 saturated carbocycles. The van der Waals surface area contributed by atoms with Crippen LogP contribution in [-0.2, 0) is 16.0 Å². The van der Waals surface area contributed by atoms with Gasteiger partial charge in [-0.3, -0.25) is 9.59 Å². The molecule has 0 saturated heterocycles. The van der Waals surface area contributed by atoms with Gasteiger partial charge in [0, 0.05) is 6.04 Å².